The van der Waals surface area contributed by atoms with Crippen LogP contribution in [0.15, 0.2) is 18.2 Å². The first-order valence-electron chi connectivity index (χ1n) is 7.49. The van der Waals surface area contributed by atoms with E-state index in [0.717, 1.165) is 23.3 Å². The fraction of sp³-hybridized carbons (Fsp3) is 0.562. The molecular formula is C16H22N2O3. The van der Waals surface area contributed by atoms with Crippen LogP contribution in [0.1, 0.15) is 37.4 Å². The van der Waals surface area contributed by atoms with E-state index in [0.29, 0.717) is 19.8 Å². The summed E-state index contributed by atoms with van der Waals surface area (Å²) in [5.74, 6) is 0.871. The third-order valence-corrected chi connectivity index (χ3v) is 4.23. The van der Waals surface area contributed by atoms with E-state index in [1.165, 1.54) is 0 Å². The maximum absolute atomic E-state index is 12.4. The average Bonchev–Trinajstić information content (AvgIpc) is 2.41. The fourth-order valence-electron chi connectivity index (χ4n) is 3.16. The largest absolute Gasteiger partial charge is 0.468 e. The van der Waals surface area contributed by atoms with Crippen LogP contribution < -0.4 is 10.1 Å². The molecule has 0 saturated carbocycles. The minimum Gasteiger partial charge on any atom is -0.468 e. The molecule has 2 aliphatic heterocycles. The molecule has 2 bridgehead atoms. The summed E-state index contributed by atoms with van der Waals surface area (Å²) in [6.45, 7) is 7.68. The number of fused-ring (bicyclic) bond motifs is 4. The molecule has 0 spiro atoms. The molecule has 1 saturated heterocycles. The summed E-state index contributed by atoms with van der Waals surface area (Å²) in [6, 6.07) is 6.08. The zero-order chi connectivity index (χ0) is 15.0. The molecule has 1 aromatic carbocycles. The zero-order valence-corrected chi connectivity index (χ0v) is 12.8. The van der Waals surface area contributed by atoms with Crippen molar-refractivity contribution in [3.05, 3.63) is 29.3 Å². The zero-order valence-electron chi connectivity index (χ0n) is 12.8. The van der Waals surface area contributed by atoms with Crippen LogP contribution >= 0.6 is 0 Å². The summed E-state index contributed by atoms with van der Waals surface area (Å²) in [5, 5.41) is 3.08. The van der Waals surface area contributed by atoms with Gasteiger partial charge < -0.3 is 14.8 Å². The van der Waals surface area contributed by atoms with E-state index in [4.69, 9.17) is 9.47 Å². The van der Waals surface area contributed by atoms with Gasteiger partial charge in [-0.25, -0.2) is 4.79 Å². The predicted molar refractivity (Wildman–Crippen MR) is 79.3 cm³/mol. The Bertz CT molecular complexity index is 560. The number of benzene rings is 1. The van der Waals surface area contributed by atoms with Crippen molar-refractivity contribution in [3.8, 4) is 5.75 Å². The fourth-order valence-corrected chi connectivity index (χ4v) is 3.16. The molecule has 2 heterocycles. The van der Waals surface area contributed by atoms with Gasteiger partial charge in [-0.1, -0.05) is 12.1 Å². The normalized spacial score (nSPS) is 26.9. The van der Waals surface area contributed by atoms with Gasteiger partial charge in [0.25, 0.3) is 0 Å². The molecule has 114 valence electrons. The second kappa shape index (κ2) is 5.22. The SMILES string of the molecule is CCOCCN1C(=O)NC2CC1(C)Oc1cc(C)ccc12. The highest BCUT2D eigenvalue weighted by Gasteiger charge is 2.48. The van der Waals surface area contributed by atoms with Gasteiger partial charge >= 0.3 is 6.03 Å². The Morgan fingerprint density at radius 2 is 2.33 bits per heavy atom. The van der Waals surface area contributed by atoms with E-state index >= 15 is 0 Å². The molecule has 3 rings (SSSR count). The first kappa shape index (κ1) is 14.2. The smallest absolute Gasteiger partial charge is 0.321 e. The van der Waals surface area contributed by atoms with Crippen LogP contribution in [0.2, 0.25) is 0 Å². The third kappa shape index (κ3) is 2.46. The highest BCUT2D eigenvalue weighted by Crippen LogP contribution is 2.44. The molecule has 21 heavy (non-hydrogen) atoms. The molecule has 5 heteroatoms. The quantitative estimate of drug-likeness (QED) is 0.867. The van der Waals surface area contributed by atoms with Gasteiger partial charge in [0, 0.05) is 25.1 Å². The molecule has 0 radical (unpaired) electrons. The van der Waals surface area contributed by atoms with E-state index in [1.54, 1.807) is 4.90 Å². The van der Waals surface area contributed by atoms with Crippen molar-refractivity contribution < 1.29 is 14.3 Å². The summed E-state index contributed by atoms with van der Waals surface area (Å²) < 4.78 is 11.6. The van der Waals surface area contributed by atoms with Crippen molar-refractivity contribution in [2.45, 2.75) is 39.0 Å². The minimum absolute atomic E-state index is 0.0233. The number of nitrogens with one attached hydrogen (secondary N) is 1. The van der Waals surface area contributed by atoms with Crippen LogP contribution in [0.3, 0.4) is 0 Å². The van der Waals surface area contributed by atoms with E-state index in [1.807, 2.05) is 32.9 Å². The van der Waals surface area contributed by atoms with Crippen molar-refractivity contribution in [1.29, 1.82) is 0 Å². The van der Waals surface area contributed by atoms with Crippen molar-refractivity contribution in [1.82, 2.24) is 10.2 Å². The Kier molecular flexibility index (Phi) is 3.53. The Morgan fingerprint density at radius 1 is 1.52 bits per heavy atom. The third-order valence-electron chi connectivity index (χ3n) is 4.23. The molecule has 2 unspecified atom stereocenters. The first-order chi connectivity index (χ1) is 10.0. The molecule has 2 amide bonds. The molecule has 2 atom stereocenters. The maximum Gasteiger partial charge on any atom is 0.321 e. The van der Waals surface area contributed by atoms with Crippen molar-refractivity contribution >= 4 is 6.03 Å². The molecule has 2 aliphatic rings. The van der Waals surface area contributed by atoms with Crippen molar-refractivity contribution in [2.24, 2.45) is 0 Å². The Morgan fingerprint density at radius 3 is 3.10 bits per heavy atom. The van der Waals surface area contributed by atoms with Gasteiger partial charge in [0.05, 0.1) is 12.6 Å². The van der Waals surface area contributed by atoms with Crippen LogP contribution in [-0.4, -0.2) is 36.4 Å². The number of rotatable bonds is 4. The number of hydrogen-bond donors (Lipinski definition) is 1. The number of urea groups is 1. The van der Waals surface area contributed by atoms with Gasteiger partial charge in [-0.15, -0.1) is 0 Å². The van der Waals surface area contributed by atoms with Crippen LogP contribution in [0.25, 0.3) is 0 Å². The Balaban J connectivity index is 1.88. The van der Waals surface area contributed by atoms with Crippen LogP contribution in [0, 0.1) is 6.92 Å². The molecule has 5 nitrogen and oxygen atoms in total. The topological polar surface area (TPSA) is 50.8 Å². The molecular weight excluding hydrogens is 268 g/mol. The Labute approximate surface area is 125 Å². The molecule has 1 aromatic rings. The monoisotopic (exact) mass is 290 g/mol. The lowest BCUT2D eigenvalue weighted by molar-refractivity contribution is -0.0905. The minimum atomic E-state index is -0.606. The lowest BCUT2D eigenvalue weighted by Gasteiger charge is -2.50. The van der Waals surface area contributed by atoms with Gasteiger partial charge in [0.2, 0.25) is 0 Å². The molecule has 1 fully saturated rings. The van der Waals surface area contributed by atoms with Gasteiger partial charge in [0.15, 0.2) is 5.72 Å². The van der Waals surface area contributed by atoms with Crippen LogP contribution in [-0.2, 0) is 4.74 Å². The van der Waals surface area contributed by atoms with Crippen molar-refractivity contribution in [3.63, 3.8) is 0 Å². The second-order valence-corrected chi connectivity index (χ2v) is 5.87. The van der Waals surface area contributed by atoms with Gasteiger partial charge in [-0.05, 0) is 32.4 Å². The number of ether oxygens (including phenoxy) is 2. The Hall–Kier alpha value is -1.75. The lowest BCUT2D eigenvalue weighted by atomic mass is 9.90. The van der Waals surface area contributed by atoms with Crippen molar-refractivity contribution in [2.75, 3.05) is 19.8 Å². The number of aryl methyl sites for hydroxylation is 1. The second-order valence-electron chi connectivity index (χ2n) is 5.87. The number of nitrogens with zero attached hydrogens (tertiary/aromatic N) is 1. The number of carbonyl (C=O) groups excluding carboxylic acids is 1. The molecule has 1 N–H and O–H groups in total. The highest BCUT2D eigenvalue weighted by molar-refractivity contribution is 5.77. The summed E-state index contributed by atoms with van der Waals surface area (Å²) in [4.78, 5) is 14.1. The first-order valence-corrected chi connectivity index (χ1v) is 7.49. The van der Waals surface area contributed by atoms with Crippen LogP contribution in [0.5, 0.6) is 5.75 Å². The molecule has 0 aliphatic carbocycles. The van der Waals surface area contributed by atoms with E-state index in [-0.39, 0.29) is 12.1 Å². The van der Waals surface area contributed by atoms with E-state index in [2.05, 4.69) is 11.4 Å². The van der Waals surface area contributed by atoms with Gasteiger partial charge in [0.1, 0.15) is 5.75 Å². The molecule has 0 aromatic heterocycles. The predicted octanol–water partition coefficient (Wildman–Crippen LogP) is 2.60. The van der Waals surface area contributed by atoms with Gasteiger partial charge in [-0.3, -0.25) is 4.90 Å². The summed E-state index contributed by atoms with van der Waals surface area (Å²) in [5.41, 5.74) is 1.62. The highest BCUT2D eigenvalue weighted by atomic mass is 16.5. The average molecular weight is 290 g/mol. The lowest BCUT2D eigenvalue weighted by Crippen LogP contribution is -2.65. The standard InChI is InChI=1S/C16H22N2O3/c1-4-20-8-7-18-15(19)17-13-10-16(18,3)21-14-9-11(2)5-6-12(13)14/h5-6,9,13H,4,7-8,10H2,1-3H3,(H,17,19). The van der Waals surface area contributed by atoms with Crippen LogP contribution in [0.4, 0.5) is 4.79 Å². The summed E-state index contributed by atoms with van der Waals surface area (Å²) in [6.07, 6.45) is 0.751. The number of amides is 2. The summed E-state index contributed by atoms with van der Waals surface area (Å²) >= 11 is 0. The van der Waals surface area contributed by atoms with E-state index in [9.17, 15) is 4.79 Å². The maximum atomic E-state index is 12.4. The number of hydrogen-bond acceptors (Lipinski definition) is 3. The van der Waals surface area contributed by atoms with E-state index < -0.39 is 5.72 Å². The summed E-state index contributed by atoms with van der Waals surface area (Å²) in [7, 11) is 0. The van der Waals surface area contributed by atoms with Gasteiger partial charge in [-0.2, -0.15) is 0 Å². The number of carbonyl (C=O) groups is 1.